The van der Waals surface area contributed by atoms with E-state index in [4.69, 9.17) is 22.7 Å². The van der Waals surface area contributed by atoms with Gasteiger partial charge in [-0.25, -0.2) is 4.68 Å². The largest absolute Gasteiger partial charge is 0.335 e. The molecule has 1 aromatic carbocycles. The third-order valence-corrected chi connectivity index (χ3v) is 3.68. The van der Waals surface area contributed by atoms with Crippen molar-refractivity contribution in [1.82, 2.24) is 14.9 Å². The maximum Gasteiger partial charge on any atom is 0.210 e. The number of thioether (sulfide) groups is 1. The average Bonchev–Trinajstić information content (AvgIpc) is 2.76. The van der Waals surface area contributed by atoms with E-state index in [1.54, 1.807) is 12.1 Å². The summed E-state index contributed by atoms with van der Waals surface area (Å²) >= 11 is 7.43. The van der Waals surface area contributed by atoms with Gasteiger partial charge in [-0.1, -0.05) is 35.5 Å². The molecule has 0 amide bonds. The van der Waals surface area contributed by atoms with E-state index in [1.165, 1.54) is 16.4 Å². The molecule has 0 aliphatic heterocycles. The molecule has 1 heterocycles. The first-order valence-electron chi connectivity index (χ1n) is 5.68. The van der Waals surface area contributed by atoms with Crippen LogP contribution in [0.2, 0.25) is 5.02 Å². The van der Waals surface area contributed by atoms with Gasteiger partial charge in [0.15, 0.2) is 5.82 Å². The van der Waals surface area contributed by atoms with Crippen LogP contribution in [-0.2, 0) is 0 Å². The fraction of sp³-hybridized carbons (Fsp3) is 0.250. The summed E-state index contributed by atoms with van der Waals surface area (Å²) in [4.78, 5) is 0. The molecule has 2 N–H and O–H groups in total. The van der Waals surface area contributed by atoms with Crippen molar-refractivity contribution in [3.63, 3.8) is 0 Å². The van der Waals surface area contributed by atoms with Gasteiger partial charge in [-0.3, -0.25) is 0 Å². The molecule has 2 aromatic rings. The topological polar surface area (TPSA) is 80.5 Å². The van der Waals surface area contributed by atoms with Crippen LogP contribution in [0, 0.1) is 11.3 Å². The molecule has 98 valence electrons. The standard InChI is InChI=1S/C12H12ClN5S/c13-10-5-3-4-9(8-10)11-16-17-12(18(11)15)19-7-2-1-6-14/h3-5,8H,1-2,7,15H2. The Bertz CT molecular complexity index is 604. The van der Waals surface area contributed by atoms with Gasteiger partial charge in [0.25, 0.3) is 0 Å². The number of aromatic nitrogens is 3. The minimum atomic E-state index is 0.535. The van der Waals surface area contributed by atoms with E-state index in [-0.39, 0.29) is 0 Å². The quantitative estimate of drug-likeness (QED) is 0.521. The molecule has 19 heavy (non-hydrogen) atoms. The molecule has 0 saturated carbocycles. The summed E-state index contributed by atoms with van der Waals surface area (Å²) in [6, 6.07) is 9.40. The first-order valence-corrected chi connectivity index (χ1v) is 7.05. The Morgan fingerprint density at radius 3 is 3.00 bits per heavy atom. The van der Waals surface area contributed by atoms with Crippen molar-refractivity contribution in [3.8, 4) is 17.5 Å². The molecule has 0 radical (unpaired) electrons. The zero-order valence-electron chi connectivity index (χ0n) is 10.1. The maximum absolute atomic E-state index is 8.47. The SMILES string of the molecule is N#CCCCSc1nnc(-c2cccc(Cl)c2)n1N. The molecule has 0 aliphatic rings. The van der Waals surface area contributed by atoms with E-state index in [1.807, 2.05) is 12.1 Å². The Kier molecular flexibility index (Phi) is 4.66. The van der Waals surface area contributed by atoms with Crippen molar-refractivity contribution in [2.24, 2.45) is 0 Å². The predicted molar refractivity (Wildman–Crippen MR) is 76.2 cm³/mol. The Hall–Kier alpha value is -1.71. The predicted octanol–water partition coefficient (Wildman–Crippen LogP) is 2.71. The second-order valence-corrected chi connectivity index (χ2v) is 5.30. The number of nitrogen functional groups attached to an aromatic ring is 1. The number of unbranched alkanes of at least 4 members (excludes halogenated alkanes) is 1. The zero-order valence-corrected chi connectivity index (χ0v) is 11.7. The van der Waals surface area contributed by atoms with Crippen LogP contribution in [0.4, 0.5) is 0 Å². The summed E-state index contributed by atoms with van der Waals surface area (Å²) in [6.45, 7) is 0. The fourth-order valence-electron chi connectivity index (χ4n) is 1.51. The Labute approximate surface area is 120 Å². The number of hydrogen-bond acceptors (Lipinski definition) is 5. The van der Waals surface area contributed by atoms with Gasteiger partial charge in [-0.05, 0) is 18.6 Å². The number of halogens is 1. The normalized spacial score (nSPS) is 10.3. The van der Waals surface area contributed by atoms with E-state index in [0.717, 1.165) is 17.7 Å². The van der Waals surface area contributed by atoms with Gasteiger partial charge in [-0.15, -0.1) is 10.2 Å². The lowest BCUT2D eigenvalue weighted by Gasteiger charge is -2.03. The van der Waals surface area contributed by atoms with E-state index < -0.39 is 0 Å². The van der Waals surface area contributed by atoms with E-state index in [9.17, 15) is 0 Å². The summed E-state index contributed by atoms with van der Waals surface area (Å²) in [5.41, 5.74) is 0.825. The average molecular weight is 294 g/mol. The van der Waals surface area contributed by atoms with Crippen molar-refractivity contribution in [1.29, 1.82) is 5.26 Å². The first kappa shape index (κ1) is 13.7. The molecule has 0 aliphatic carbocycles. The molecule has 0 bridgehead atoms. The molecule has 7 heteroatoms. The van der Waals surface area contributed by atoms with E-state index in [2.05, 4.69) is 16.3 Å². The van der Waals surface area contributed by atoms with Crippen molar-refractivity contribution in [2.75, 3.05) is 11.6 Å². The Morgan fingerprint density at radius 1 is 1.42 bits per heavy atom. The highest BCUT2D eigenvalue weighted by Gasteiger charge is 2.12. The highest BCUT2D eigenvalue weighted by molar-refractivity contribution is 7.99. The number of rotatable bonds is 5. The van der Waals surface area contributed by atoms with Crippen LogP contribution < -0.4 is 5.84 Å². The molecule has 0 fully saturated rings. The number of benzene rings is 1. The van der Waals surface area contributed by atoms with Crippen LogP contribution in [0.15, 0.2) is 29.4 Å². The van der Waals surface area contributed by atoms with Gasteiger partial charge in [0.05, 0.1) is 6.07 Å². The smallest absolute Gasteiger partial charge is 0.210 e. The van der Waals surface area contributed by atoms with Gasteiger partial charge in [0.2, 0.25) is 5.16 Å². The monoisotopic (exact) mass is 293 g/mol. The molecular formula is C12H12ClN5S. The molecular weight excluding hydrogens is 282 g/mol. The molecule has 0 unspecified atom stereocenters. The first-order chi connectivity index (χ1) is 9.22. The van der Waals surface area contributed by atoms with Gasteiger partial charge in [0.1, 0.15) is 0 Å². The number of nitriles is 1. The van der Waals surface area contributed by atoms with Crippen LogP contribution in [0.5, 0.6) is 0 Å². The van der Waals surface area contributed by atoms with Gasteiger partial charge in [-0.2, -0.15) is 5.26 Å². The minimum Gasteiger partial charge on any atom is -0.335 e. The second kappa shape index (κ2) is 6.45. The van der Waals surface area contributed by atoms with Crippen LogP contribution in [0.1, 0.15) is 12.8 Å². The summed E-state index contributed by atoms with van der Waals surface area (Å²) in [7, 11) is 0. The van der Waals surface area contributed by atoms with Crippen LogP contribution in [0.25, 0.3) is 11.4 Å². The number of nitrogens with two attached hydrogens (primary N) is 1. The zero-order chi connectivity index (χ0) is 13.7. The lowest BCUT2D eigenvalue weighted by atomic mass is 10.2. The van der Waals surface area contributed by atoms with E-state index >= 15 is 0 Å². The summed E-state index contributed by atoms with van der Waals surface area (Å²) in [5.74, 6) is 7.33. The number of nitrogens with zero attached hydrogens (tertiary/aromatic N) is 4. The minimum absolute atomic E-state index is 0.535. The second-order valence-electron chi connectivity index (χ2n) is 3.80. The lowest BCUT2D eigenvalue weighted by Crippen LogP contribution is -2.11. The van der Waals surface area contributed by atoms with Gasteiger partial charge < -0.3 is 5.84 Å². The number of hydrogen-bond donors (Lipinski definition) is 1. The van der Waals surface area contributed by atoms with Gasteiger partial charge >= 0.3 is 0 Å². The maximum atomic E-state index is 8.47. The summed E-state index contributed by atoms with van der Waals surface area (Å²) in [5, 5.41) is 17.8. The summed E-state index contributed by atoms with van der Waals surface area (Å²) in [6.07, 6.45) is 1.34. The Morgan fingerprint density at radius 2 is 2.26 bits per heavy atom. The highest BCUT2D eigenvalue weighted by Crippen LogP contribution is 2.24. The van der Waals surface area contributed by atoms with Gasteiger partial charge in [0, 0.05) is 22.8 Å². The highest BCUT2D eigenvalue weighted by atomic mass is 35.5. The van der Waals surface area contributed by atoms with Crippen LogP contribution >= 0.6 is 23.4 Å². The van der Waals surface area contributed by atoms with Crippen molar-refractivity contribution < 1.29 is 0 Å². The lowest BCUT2D eigenvalue weighted by molar-refractivity contribution is 0.846. The van der Waals surface area contributed by atoms with Crippen LogP contribution in [-0.4, -0.2) is 20.6 Å². The fourth-order valence-corrected chi connectivity index (χ4v) is 2.50. The van der Waals surface area contributed by atoms with Crippen molar-refractivity contribution in [3.05, 3.63) is 29.3 Å². The third-order valence-electron chi connectivity index (χ3n) is 2.41. The van der Waals surface area contributed by atoms with E-state index in [0.29, 0.717) is 22.4 Å². The Balaban J connectivity index is 2.12. The summed E-state index contributed by atoms with van der Waals surface area (Å²) < 4.78 is 1.45. The van der Waals surface area contributed by atoms with Crippen molar-refractivity contribution >= 4 is 23.4 Å². The molecule has 0 saturated heterocycles. The van der Waals surface area contributed by atoms with Crippen molar-refractivity contribution in [2.45, 2.75) is 18.0 Å². The molecule has 5 nitrogen and oxygen atoms in total. The molecule has 0 spiro atoms. The molecule has 0 atom stereocenters. The molecule has 1 aromatic heterocycles. The van der Waals surface area contributed by atoms with Crippen LogP contribution in [0.3, 0.4) is 0 Å². The molecule has 2 rings (SSSR count). The third kappa shape index (κ3) is 3.40.